The highest BCUT2D eigenvalue weighted by molar-refractivity contribution is 7.18. The minimum absolute atomic E-state index is 0.205. The molecule has 2 fully saturated rings. The maximum absolute atomic E-state index is 12.3. The Morgan fingerprint density at radius 2 is 2.00 bits per heavy atom. The van der Waals surface area contributed by atoms with Crippen molar-refractivity contribution in [1.82, 2.24) is 5.32 Å². The Morgan fingerprint density at radius 1 is 1.27 bits per heavy atom. The summed E-state index contributed by atoms with van der Waals surface area (Å²) in [7, 11) is 0. The molecule has 0 saturated carbocycles. The molecule has 0 unspecified atom stereocenters. The molecule has 2 amide bonds. The van der Waals surface area contributed by atoms with Crippen LogP contribution < -0.4 is 15.1 Å². The van der Waals surface area contributed by atoms with Gasteiger partial charge in [-0.15, -0.1) is 16.3 Å². The number of amides is 2. The van der Waals surface area contributed by atoms with E-state index in [4.69, 9.17) is 27.6 Å². The number of hydrogen-bond acceptors (Lipinski definition) is 6. The van der Waals surface area contributed by atoms with Gasteiger partial charge in [0.1, 0.15) is 17.8 Å². The predicted octanol–water partition coefficient (Wildman–Crippen LogP) is 3.18. The van der Waals surface area contributed by atoms with Crippen LogP contribution >= 0.6 is 22.9 Å². The molecule has 154 valence electrons. The van der Waals surface area contributed by atoms with Crippen LogP contribution in [0.25, 0.3) is 4.95 Å². The van der Waals surface area contributed by atoms with Gasteiger partial charge in [-0.1, -0.05) is 11.6 Å². The van der Waals surface area contributed by atoms with Gasteiger partial charge in [-0.05, 0) is 36.4 Å². The van der Waals surface area contributed by atoms with Crippen LogP contribution in [0.15, 0.2) is 41.5 Å². The number of benzene rings is 1. The zero-order valence-electron chi connectivity index (χ0n) is 15.6. The second kappa shape index (κ2) is 8.61. The monoisotopic (exact) mass is 445 g/mol. The summed E-state index contributed by atoms with van der Waals surface area (Å²) in [6, 6.07) is 10.8. The molecule has 0 bridgehead atoms. The van der Waals surface area contributed by atoms with Gasteiger partial charge in [-0.25, -0.2) is 4.79 Å². The van der Waals surface area contributed by atoms with E-state index in [1.54, 1.807) is 29.2 Å². The molecule has 0 aliphatic carbocycles. The van der Waals surface area contributed by atoms with Crippen molar-refractivity contribution >= 4 is 52.3 Å². The molecule has 3 heterocycles. The molecule has 4 rings (SSSR count). The molecule has 2 aliphatic heterocycles. The molecule has 1 aromatic heterocycles. The quantitative estimate of drug-likeness (QED) is 0.564. The Labute approximate surface area is 181 Å². The fraction of sp³-hybridized carbons (Fsp3) is 0.263. The van der Waals surface area contributed by atoms with Crippen molar-refractivity contribution < 1.29 is 19.1 Å². The summed E-state index contributed by atoms with van der Waals surface area (Å²) in [6.45, 7) is 8.44. The van der Waals surface area contributed by atoms with Gasteiger partial charge in [0.2, 0.25) is 0 Å². The number of anilines is 2. The number of amidine groups is 1. The third-order valence-electron chi connectivity index (χ3n) is 4.55. The van der Waals surface area contributed by atoms with Crippen LogP contribution in [0.2, 0.25) is 4.34 Å². The number of carbonyl (C=O) groups excluding carboxylic acids is 2. The number of thiophene rings is 1. The van der Waals surface area contributed by atoms with Gasteiger partial charge in [0.25, 0.3) is 5.91 Å². The van der Waals surface area contributed by atoms with Crippen molar-refractivity contribution in [2.45, 2.75) is 6.10 Å². The van der Waals surface area contributed by atoms with Gasteiger partial charge in [-0.3, -0.25) is 14.6 Å². The summed E-state index contributed by atoms with van der Waals surface area (Å²) in [4.78, 5) is 31.2. The van der Waals surface area contributed by atoms with Crippen LogP contribution in [0.5, 0.6) is 0 Å². The van der Waals surface area contributed by atoms with Crippen LogP contribution in [0, 0.1) is 6.57 Å². The molecular weight excluding hydrogens is 430 g/mol. The number of carbonyl (C=O) groups is 2. The number of ether oxygens (including phenoxy) is 2. The van der Waals surface area contributed by atoms with Crippen molar-refractivity contribution in [3.05, 3.63) is 57.1 Å². The molecule has 2 aliphatic rings. The van der Waals surface area contributed by atoms with E-state index in [0.29, 0.717) is 34.6 Å². The molecule has 30 heavy (non-hydrogen) atoms. The lowest BCUT2D eigenvalue weighted by Gasteiger charge is -2.17. The summed E-state index contributed by atoms with van der Waals surface area (Å²) in [5.41, 5.74) is 1.48. The minimum atomic E-state index is -0.471. The highest BCUT2D eigenvalue weighted by Crippen LogP contribution is 2.26. The fourth-order valence-corrected chi connectivity index (χ4v) is 4.11. The number of nitrogens with zero attached hydrogens (tertiary/aromatic N) is 4. The third-order valence-corrected chi connectivity index (χ3v) is 5.78. The maximum Gasteiger partial charge on any atom is 0.414 e. The molecule has 9 nitrogen and oxygen atoms in total. The van der Waals surface area contributed by atoms with Crippen molar-refractivity contribution in [2.75, 3.05) is 36.0 Å². The second-order valence-corrected chi connectivity index (χ2v) is 8.14. The van der Waals surface area contributed by atoms with Crippen molar-refractivity contribution in [3.8, 4) is 0 Å². The van der Waals surface area contributed by atoms with Gasteiger partial charge >= 0.3 is 12.1 Å². The largest absolute Gasteiger partial charge is 0.458 e. The standard InChI is InChI=1S/C19H16ClN5O4S/c1-21-23-18-24(8-9-28-18)12-2-4-13(5-3-12)25-11-14(29-19(25)27)10-22-17(26)15-6-7-16(20)30-15/h2-7,14H,8-11H2,(H,22,26)/b23-18-/t14-/m0/s1. The Balaban J connectivity index is 1.36. The van der Waals surface area contributed by atoms with Crippen LogP contribution in [-0.2, 0) is 9.47 Å². The molecule has 1 aromatic carbocycles. The average molecular weight is 446 g/mol. The van der Waals surface area contributed by atoms with E-state index in [9.17, 15) is 9.59 Å². The van der Waals surface area contributed by atoms with Crippen LogP contribution in [0.1, 0.15) is 9.67 Å². The van der Waals surface area contributed by atoms with E-state index in [0.717, 1.165) is 5.69 Å². The van der Waals surface area contributed by atoms with Crippen molar-refractivity contribution in [3.63, 3.8) is 0 Å². The topological polar surface area (TPSA) is 87.8 Å². The molecule has 1 N–H and O–H groups in total. The molecule has 2 aromatic rings. The second-order valence-electron chi connectivity index (χ2n) is 6.43. The maximum atomic E-state index is 12.3. The van der Waals surface area contributed by atoms with E-state index in [1.165, 1.54) is 16.2 Å². The Hall–Kier alpha value is -3.29. The summed E-state index contributed by atoms with van der Waals surface area (Å²) in [6.07, 6.45) is -0.929. The number of rotatable bonds is 5. The first-order chi connectivity index (χ1) is 14.5. The Kier molecular flexibility index (Phi) is 5.74. The third kappa shape index (κ3) is 4.17. The first-order valence-corrected chi connectivity index (χ1v) is 10.2. The molecule has 1 atom stereocenters. The van der Waals surface area contributed by atoms with Crippen molar-refractivity contribution in [1.29, 1.82) is 0 Å². The van der Waals surface area contributed by atoms with Gasteiger partial charge < -0.3 is 14.8 Å². The average Bonchev–Trinajstić information content (AvgIpc) is 3.47. The van der Waals surface area contributed by atoms with Gasteiger partial charge in [0, 0.05) is 11.4 Å². The zero-order chi connectivity index (χ0) is 21.1. The van der Waals surface area contributed by atoms with Gasteiger partial charge in [0.05, 0.1) is 28.8 Å². The van der Waals surface area contributed by atoms with E-state index in [1.807, 2.05) is 12.1 Å². The normalized spacial score (nSPS) is 19.5. The summed E-state index contributed by atoms with van der Waals surface area (Å²) in [5, 5.41) is 6.41. The zero-order valence-corrected chi connectivity index (χ0v) is 17.2. The number of hydrogen-bond donors (Lipinski definition) is 1. The van der Waals surface area contributed by atoms with Gasteiger partial charge in [-0.2, -0.15) is 6.57 Å². The van der Waals surface area contributed by atoms with E-state index < -0.39 is 12.2 Å². The van der Waals surface area contributed by atoms with Crippen LogP contribution in [-0.4, -0.2) is 50.4 Å². The smallest absolute Gasteiger partial charge is 0.414 e. The number of nitrogens with one attached hydrogen (secondary N) is 1. The van der Waals surface area contributed by atoms with E-state index in [2.05, 4.69) is 15.4 Å². The predicted molar refractivity (Wildman–Crippen MR) is 113 cm³/mol. The SMILES string of the molecule is [C-]#[N+]/N=C1\OCCN1c1ccc(N2C[C@H](CNC(=O)c3ccc(Cl)s3)OC2=O)cc1. The molecule has 11 heteroatoms. The first-order valence-electron chi connectivity index (χ1n) is 9.01. The number of halogens is 1. The lowest BCUT2D eigenvalue weighted by molar-refractivity contribution is 0.0920. The number of cyclic esters (lactones) is 1. The fourth-order valence-electron chi connectivity index (χ4n) is 3.15. The molecule has 0 spiro atoms. The summed E-state index contributed by atoms with van der Waals surface area (Å²) in [5.74, 6) is -0.254. The van der Waals surface area contributed by atoms with E-state index >= 15 is 0 Å². The molecular formula is C19H16ClN5O4S. The van der Waals surface area contributed by atoms with Crippen molar-refractivity contribution in [2.24, 2.45) is 5.10 Å². The Bertz CT molecular complexity index is 1030. The summed E-state index contributed by atoms with van der Waals surface area (Å²) >= 11 is 7.04. The molecule has 2 saturated heterocycles. The Morgan fingerprint density at radius 3 is 2.67 bits per heavy atom. The minimum Gasteiger partial charge on any atom is -0.458 e. The van der Waals surface area contributed by atoms with E-state index in [-0.39, 0.29) is 18.5 Å². The van der Waals surface area contributed by atoms with Crippen LogP contribution in [0.4, 0.5) is 16.2 Å². The van der Waals surface area contributed by atoms with Crippen LogP contribution in [0.3, 0.4) is 0 Å². The highest BCUT2D eigenvalue weighted by atomic mass is 35.5. The lowest BCUT2D eigenvalue weighted by Crippen LogP contribution is -2.34. The highest BCUT2D eigenvalue weighted by Gasteiger charge is 2.33. The lowest BCUT2D eigenvalue weighted by atomic mass is 10.2. The summed E-state index contributed by atoms with van der Waals surface area (Å²) < 4.78 is 11.2. The first kappa shape index (κ1) is 20.0. The van der Waals surface area contributed by atoms with Gasteiger partial charge in [0.15, 0.2) is 0 Å². The molecule has 0 radical (unpaired) electrons.